The van der Waals surface area contributed by atoms with Gasteiger partial charge >= 0.3 is 0 Å². The van der Waals surface area contributed by atoms with Gasteiger partial charge in [-0.15, -0.1) is 0 Å². The molecular formula is C24H30N4O2. The lowest BCUT2D eigenvalue weighted by atomic mass is 9.92. The SMILES string of the molecule is CC1CCC[C@H]1CCCCCc1nc2ccc(OCc3cnccn3)cc2[nH]c1=O. The van der Waals surface area contributed by atoms with E-state index in [1.165, 1.54) is 32.1 Å². The van der Waals surface area contributed by atoms with Crippen LogP contribution in [-0.4, -0.2) is 19.9 Å². The quantitative estimate of drug-likeness (QED) is 0.515. The van der Waals surface area contributed by atoms with E-state index in [1.54, 1.807) is 18.6 Å². The van der Waals surface area contributed by atoms with Crippen LogP contribution in [0.3, 0.4) is 0 Å². The Kier molecular flexibility index (Phi) is 6.72. The van der Waals surface area contributed by atoms with Gasteiger partial charge in [0.05, 0.1) is 22.9 Å². The number of aromatic nitrogens is 4. The summed E-state index contributed by atoms with van der Waals surface area (Å²) in [6, 6.07) is 5.57. The smallest absolute Gasteiger partial charge is 0.270 e. The highest BCUT2D eigenvalue weighted by atomic mass is 16.5. The first-order chi connectivity index (χ1) is 14.7. The van der Waals surface area contributed by atoms with Gasteiger partial charge < -0.3 is 9.72 Å². The van der Waals surface area contributed by atoms with Gasteiger partial charge in [0.2, 0.25) is 0 Å². The van der Waals surface area contributed by atoms with Crippen LogP contribution in [0.25, 0.3) is 11.0 Å². The summed E-state index contributed by atoms with van der Waals surface area (Å²) in [6.45, 7) is 2.72. The molecule has 0 spiro atoms. The molecule has 0 bridgehead atoms. The Morgan fingerprint density at radius 3 is 2.90 bits per heavy atom. The molecule has 2 heterocycles. The molecule has 158 valence electrons. The molecule has 1 aromatic carbocycles. The van der Waals surface area contributed by atoms with Gasteiger partial charge in [0.1, 0.15) is 18.1 Å². The molecule has 1 unspecified atom stereocenters. The van der Waals surface area contributed by atoms with Crippen molar-refractivity contribution in [2.75, 3.05) is 0 Å². The molecule has 0 saturated heterocycles. The molecular weight excluding hydrogens is 376 g/mol. The monoisotopic (exact) mass is 406 g/mol. The van der Waals surface area contributed by atoms with Crippen molar-refractivity contribution >= 4 is 11.0 Å². The number of hydrogen-bond acceptors (Lipinski definition) is 5. The van der Waals surface area contributed by atoms with Crippen LogP contribution in [0.4, 0.5) is 0 Å². The highest BCUT2D eigenvalue weighted by Gasteiger charge is 2.22. The van der Waals surface area contributed by atoms with E-state index in [-0.39, 0.29) is 5.56 Å². The molecule has 3 aromatic rings. The molecule has 6 heteroatoms. The van der Waals surface area contributed by atoms with E-state index in [2.05, 4.69) is 26.9 Å². The number of fused-ring (bicyclic) bond motifs is 1. The van der Waals surface area contributed by atoms with Crippen LogP contribution in [0.5, 0.6) is 5.75 Å². The largest absolute Gasteiger partial charge is 0.487 e. The number of rotatable bonds is 9. The maximum Gasteiger partial charge on any atom is 0.270 e. The first-order valence-corrected chi connectivity index (χ1v) is 11.1. The van der Waals surface area contributed by atoms with Crippen molar-refractivity contribution in [3.8, 4) is 5.75 Å². The minimum Gasteiger partial charge on any atom is -0.487 e. The zero-order chi connectivity index (χ0) is 20.8. The van der Waals surface area contributed by atoms with Gasteiger partial charge in [0.15, 0.2) is 0 Å². The first-order valence-electron chi connectivity index (χ1n) is 11.1. The summed E-state index contributed by atoms with van der Waals surface area (Å²) < 4.78 is 5.76. The lowest BCUT2D eigenvalue weighted by Gasteiger charge is -2.14. The Morgan fingerprint density at radius 1 is 1.17 bits per heavy atom. The number of benzene rings is 1. The Morgan fingerprint density at radius 2 is 2.10 bits per heavy atom. The van der Waals surface area contributed by atoms with E-state index in [1.807, 2.05) is 18.2 Å². The third kappa shape index (κ3) is 5.23. The van der Waals surface area contributed by atoms with Crippen LogP contribution in [0.2, 0.25) is 0 Å². The molecule has 1 fully saturated rings. The van der Waals surface area contributed by atoms with Crippen molar-refractivity contribution in [1.29, 1.82) is 0 Å². The molecule has 6 nitrogen and oxygen atoms in total. The Bertz CT molecular complexity index is 1020. The van der Waals surface area contributed by atoms with Crippen molar-refractivity contribution in [2.45, 2.75) is 64.9 Å². The topological polar surface area (TPSA) is 80.8 Å². The lowest BCUT2D eigenvalue weighted by Crippen LogP contribution is -2.15. The second-order valence-electron chi connectivity index (χ2n) is 8.44. The summed E-state index contributed by atoms with van der Waals surface area (Å²) in [5.74, 6) is 2.47. The summed E-state index contributed by atoms with van der Waals surface area (Å²) in [5, 5.41) is 0. The summed E-state index contributed by atoms with van der Waals surface area (Å²) in [5.41, 5.74) is 2.76. The third-order valence-electron chi connectivity index (χ3n) is 6.26. The summed E-state index contributed by atoms with van der Waals surface area (Å²) in [6.07, 6.45) is 14.6. The Hall–Kier alpha value is -2.76. The third-order valence-corrected chi connectivity index (χ3v) is 6.26. The van der Waals surface area contributed by atoms with E-state index in [4.69, 9.17) is 4.74 Å². The van der Waals surface area contributed by atoms with Gasteiger partial charge in [-0.3, -0.25) is 14.8 Å². The number of aryl methyl sites for hydroxylation is 1. The van der Waals surface area contributed by atoms with Crippen LogP contribution in [0.1, 0.15) is 63.3 Å². The van der Waals surface area contributed by atoms with Crippen LogP contribution < -0.4 is 10.3 Å². The van der Waals surface area contributed by atoms with Crippen molar-refractivity contribution in [2.24, 2.45) is 11.8 Å². The maximum absolute atomic E-state index is 12.5. The van der Waals surface area contributed by atoms with Crippen LogP contribution in [0.15, 0.2) is 41.6 Å². The fourth-order valence-electron chi connectivity index (χ4n) is 4.45. The van der Waals surface area contributed by atoms with Gasteiger partial charge in [-0.1, -0.05) is 45.4 Å². The Labute approximate surface area is 177 Å². The van der Waals surface area contributed by atoms with E-state index < -0.39 is 0 Å². The summed E-state index contributed by atoms with van der Waals surface area (Å²) in [4.78, 5) is 28.2. The molecule has 2 atom stereocenters. The standard InChI is InChI=1S/C24H30N4O2/c1-17-6-5-8-18(17)7-3-2-4-9-22-24(29)28-23-14-20(10-11-21(23)27-22)30-16-19-15-25-12-13-26-19/h10-15,17-18H,2-9,16H2,1H3,(H,28,29)/t17?,18-/m1/s1. The average Bonchev–Trinajstić information content (AvgIpc) is 3.17. The minimum absolute atomic E-state index is 0.0991. The van der Waals surface area contributed by atoms with E-state index in [0.717, 1.165) is 42.3 Å². The van der Waals surface area contributed by atoms with E-state index in [0.29, 0.717) is 23.6 Å². The van der Waals surface area contributed by atoms with Crippen molar-refractivity contribution in [3.05, 3.63) is 58.5 Å². The van der Waals surface area contributed by atoms with E-state index >= 15 is 0 Å². The molecule has 0 radical (unpaired) electrons. The van der Waals surface area contributed by atoms with Crippen molar-refractivity contribution in [1.82, 2.24) is 19.9 Å². The second kappa shape index (κ2) is 9.83. The summed E-state index contributed by atoms with van der Waals surface area (Å²) >= 11 is 0. The molecule has 1 aliphatic rings. The predicted octanol–water partition coefficient (Wildman–Crippen LogP) is 4.83. The first kappa shape index (κ1) is 20.5. The zero-order valence-corrected chi connectivity index (χ0v) is 17.6. The maximum atomic E-state index is 12.5. The van der Waals surface area contributed by atoms with Crippen LogP contribution in [-0.2, 0) is 13.0 Å². The minimum atomic E-state index is -0.0991. The van der Waals surface area contributed by atoms with Gasteiger partial charge in [0.25, 0.3) is 5.56 Å². The zero-order valence-electron chi connectivity index (χ0n) is 17.6. The van der Waals surface area contributed by atoms with Gasteiger partial charge in [-0.05, 0) is 36.8 Å². The van der Waals surface area contributed by atoms with Gasteiger partial charge in [-0.2, -0.15) is 0 Å². The number of aromatic amines is 1. The highest BCUT2D eigenvalue weighted by Crippen LogP contribution is 2.34. The predicted molar refractivity (Wildman–Crippen MR) is 117 cm³/mol. The molecule has 2 aromatic heterocycles. The molecule has 0 amide bonds. The highest BCUT2D eigenvalue weighted by molar-refractivity contribution is 5.75. The molecule has 4 rings (SSSR count). The summed E-state index contributed by atoms with van der Waals surface area (Å²) in [7, 11) is 0. The molecule has 1 N–H and O–H groups in total. The van der Waals surface area contributed by atoms with Crippen molar-refractivity contribution in [3.63, 3.8) is 0 Å². The molecule has 1 saturated carbocycles. The molecule has 30 heavy (non-hydrogen) atoms. The second-order valence-corrected chi connectivity index (χ2v) is 8.44. The van der Waals surface area contributed by atoms with Crippen LogP contribution in [0, 0.1) is 11.8 Å². The number of nitrogens with one attached hydrogen (secondary N) is 1. The average molecular weight is 407 g/mol. The number of H-pyrrole nitrogens is 1. The number of hydrogen-bond donors (Lipinski definition) is 1. The Balaban J connectivity index is 1.31. The number of unbranched alkanes of at least 4 members (excludes halogenated alkanes) is 2. The van der Waals surface area contributed by atoms with Crippen LogP contribution >= 0.6 is 0 Å². The lowest BCUT2D eigenvalue weighted by molar-refractivity contribution is 0.301. The van der Waals surface area contributed by atoms with Gasteiger partial charge in [0, 0.05) is 18.5 Å². The number of ether oxygens (including phenoxy) is 1. The number of nitrogens with zero attached hydrogens (tertiary/aromatic N) is 3. The van der Waals surface area contributed by atoms with Gasteiger partial charge in [-0.25, -0.2) is 4.98 Å². The fraction of sp³-hybridized carbons (Fsp3) is 0.500. The molecule has 0 aliphatic heterocycles. The van der Waals surface area contributed by atoms with E-state index in [9.17, 15) is 4.79 Å². The molecule has 1 aliphatic carbocycles. The normalized spacial score (nSPS) is 18.7. The fourth-order valence-corrected chi connectivity index (χ4v) is 4.45. The van der Waals surface area contributed by atoms with Crippen molar-refractivity contribution < 1.29 is 4.74 Å².